The van der Waals surface area contributed by atoms with Crippen LogP contribution in [0.3, 0.4) is 0 Å². The van der Waals surface area contributed by atoms with Gasteiger partial charge in [-0.3, -0.25) is 4.68 Å². The fraction of sp³-hybridized carbons (Fsp3) is 0.727. The summed E-state index contributed by atoms with van der Waals surface area (Å²) in [6.45, 7) is 9.65. The third-order valence-electron chi connectivity index (χ3n) is 2.57. The van der Waals surface area contributed by atoms with E-state index in [2.05, 4.69) is 29.2 Å². The van der Waals surface area contributed by atoms with Crippen molar-refractivity contribution in [1.29, 1.82) is 0 Å². The summed E-state index contributed by atoms with van der Waals surface area (Å²) in [4.78, 5) is 2.41. The number of nitrogens with zero attached hydrogens (tertiary/aromatic N) is 3. The van der Waals surface area contributed by atoms with Gasteiger partial charge in [0.05, 0.1) is 5.69 Å². The smallest absolute Gasteiger partial charge is 0.0762 e. The topological polar surface area (TPSA) is 33.1 Å². The van der Waals surface area contributed by atoms with Crippen molar-refractivity contribution >= 4 is 12.4 Å². The van der Waals surface area contributed by atoms with Crippen molar-refractivity contribution in [2.75, 3.05) is 26.2 Å². The van der Waals surface area contributed by atoms with Gasteiger partial charge in [0.1, 0.15) is 0 Å². The van der Waals surface area contributed by atoms with E-state index >= 15 is 0 Å². The molecule has 0 saturated carbocycles. The highest BCUT2D eigenvalue weighted by Gasteiger charge is 1.99. The normalized spacial score (nSPS) is 10.5. The van der Waals surface area contributed by atoms with Crippen molar-refractivity contribution < 1.29 is 0 Å². The summed E-state index contributed by atoms with van der Waals surface area (Å²) in [5.74, 6) is 0. The molecule has 1 N–H and O–H groups in total. The van der Waals surface area contributed by atoms with Gasteiger partial charge in [-0.25, -0.2) is 0 Å². The highest BCUT2D eigenvalue weighted by Crippen LogP contribution is 1.92. The lowest BCUT2D eigenvalue weighted by Gasteiger charge is -2.17. The maximum atomic E-state index is 4.31. The first-order chi connectivity index (χ1) is 7.26. The quantitative estimate of drug-likeness (QED) is 0.736. The highest BCUT2D eigenvalue weighted by molar-refractivity contribution is 5.85. The summed E-state index contributed by atoms with van der Waals surface area (Å²) in [6.07, 6.45) is 1.97. The largest absolute Gasteiger partial charge is 0.310 e. The van der Waals surface area contributed by atoms with Gasteiger partial charge < -0.3 is 10.2 Å². The average molecular weight is 247 g/mol. The zero-order valence-corrected chi connectivity index (χ0v) is 11.3. The maximum absolute atomic E-state index is 4.31. The lowest BCUT2D eigenvalue weighted by atomic mass is 10.4. The molecule has 0 fully saturated rings. The average Bonchev–Trinajstić information content (AvgIpc) is 2.65. The summed E-state index contributed by atoms with van der Waals surface area (Å²) in [5, 5.41) is 7.70. The third-order valence-corrected chi connectivity index (χ3v) is 2.57. The van der Waals surface area contributed by atoms with Gasteiger partial charge in [-0.1, -0.05) is 13.8 Å². The Balaban J connectivity index is 0.00000225. The van der Waals surface area contributed by atoms with Gasteiger partial charge in [-0.05, 0) is 19.2 Å². The number of hydrogen-bond acceptors (Lipinski definition) is 3. The molecular weight excluding hydrogens is 224 g/mol. The van der Waals surface area contributed by atoms with E-state index in [1.807, 2.05) is 24.0 Å². The van der Waals surface area contributed by atoms with Gasteiger partial charge in [-0.15, -0.1) is 12.4 Å². The summed E-state index contributed by atoms with van der Waals surface area (Å²) in [5.41, 5.74) is 1.11. The first kappa shape index (κ1) is 15.4. The molecule has 0 saturated heterocycles. The van der Waals surface area contributed by atoms with E-state index in [0.29, 0.717) is 0 Å². The lowest BCUT2D eigenvalue weighted by Crippen LogP contribution is -2.31. The molecular formula is C11H23ClN4. The number of hydrogen-bond donors (Lipinski definition) is 1. The molecule has 0 aromatic carbocycles. The molecule has 0 atom stereocenters. The molecule has 0 radical (unpaired) electrons. The van der Waals surface area contributed by atoms with E-state index in [-0.39, 0.29) is 12.4 Å². The van der Waals surface area contributed by atoms with Crippen molar-refractivity contribution in [2.24, 2.45) is 7.05 Å². The predicted octanol–water partition coefficient (Wildman–Crippen LogP) is 1.27. The van der Waals surface area contributed by atoms with Crippen molar-refractivity contribution in [1.82, 2.24) is 20.0 Å². The maximum Gasteiger partial charge on any atom is 0.0762 e. The number of likely N-dealkylation sites (N-methyl/N-ethyl adjacent to an activating group) is 1. The zero-order valence-electron chi connectivity index (χ0n) is 10.4. The van der Waals surface area contributed by atoms with Crippen LogP contribution in [-0.2, 0) is 13.6 Å². The molecule has 16 heavy (non-hydrogen) atoms. The number of nitrogens with one attached hydrogen (secondary N) is 1. The second-order valence-corrected chi connectivity index (χ2v) is 3.68. The molecule has 0 spiro atoms. The highest BCUT2D eigenvalue weighted by atomic mass is 35.5. The lowest BCUT2D eigenvalue weighted by molar-refractivity contribution is 0.302. The van der Waals surface area contributed by atoms with E-state index < -0.39 is 0 Å². The Labute approximate surface area is 104 Å². The summed E-state index contributed by atoms with van der Waals surface area (Å²) < 4.78 is 1.83. The van der Waals surface area contributed by atoms with Gasteiger partial charge in [0.25, 0.3) is 0 Å². The molecule has 0 aliphatic rings. The fourth-order valence-corrected chi connectivity index (χ4v) is 1.55. The van der Waals surface area contributed by atoms with Crippen LogP contribution in [0.15, 0.2) is 12.3 Å². The minimum absolute atomic E-state index is 0. The molecule has 0 aliphatic carbocycles. The number of aryl methyl sites for hydroxylation is 1. The Bertz CT molecular complexity index is 271. The Kier molecular flexibility index (Phi) is 8.25. The first-order valence-electron chi connectivity index (χ1n) is 5.67. The molecule has 0 amide bonds. The van der Waals surface area contributed by atoms with Gasteiger partial charge in [0.2, 0.25) is 0 Å². The van der Waals surface area contributed by atoms with Crippen LogP contribution in [0.2, 0.25) is 0 Å². The van der Waals surface area contributed by atoms with Crippen LogP contribution in [0.5, 0.6) is 0 Å². The molecule has 1 rings (SSSR count). The molecule has 94 valence electrons. The van der Waals surface area contributed by atoms with Crippen molar-refractivity contribution in [3.8, 4) is 0 Å². The van der Waals surface area contributed by atoms with Gasteiger partial charge in [-0.2, -0.15) is 5.10 Å². The molecule has 1 aromatic rings. The standard InChI is InChI=1S/C11H22N4.ClH/c1-4-15(5-2)9-7-12-10-11-6-8-14(3)13-11;/h6,8,12H,4-5,7,9-10H2,1-3H3;1H. The second-order valence-electron chi connectivity index (χ2n) is 3.68. The van der Waals surface area contributed by atoms with E-state index in [1.54, 1.807) is 0 Å². The van der Waals surface area contributed by atoms with Crippen molar-refractivity contribution in [3.63, 3.8) is 0 Å². The molecule has 0 bridgehead atoms. The van der Waals surface area contributed by atoms with Crippen LogP contribution in [0, 0.1) is 0 Å². The summed E-state index contributed by atoms with van der Waals surface area (Å²) in [6, 6.07) is 2.05. The molecule has 4 nitrogen and oxygen atoms in total. The van der Waals surface area contributed by atoms with E-state index in [9.17, 15) is 0 Å². The number of rotatable bonds is 7. The van der Waals surface area contributed by atoms with Gasteiger partial charge in [0.15, 0.2) is 0 Å². The minimum atomic E-state index is 0. The first-order valence-corrected chi connectivity index (χ1v) is 5.67. The third kappa shape index (κ3) is 5.49. The number of aromatic nitrogens is 2. The van der Waals surface area contributed by atoms with Crippen LogP contribution >= 0.6 is 12.4 Å². The zero-order chi connectivity index (χ0) is 11.1. The Hall–Kier alpha value is -0.580. The summed E-state index contributed by atoms with van der Waals surface area (Å²) in [7, 11) is 1.94. The fourth-order valence-electron chi connectivity index (χ4n) is 1.55. The molecule has 5 heteroatoms. The summed E-state index contributed by atoms with van der Waals surface area (Å²) >= 11 is 0. The predicted molar refractivity (Wildman–Crippen MR) is 70.0 cm³/mol. The van der Waals surface area contributed by atoms with Crippen LogP contribution in [-0.4, -0.2) is 40.9 Å². The molecule has 0 aliphatic heterocycles. The Morgan fingerprint density at radius 2 is 2.06 bits per heavy atom. The van der Waals surface area contributed by atoms with E-state index in [1.165, 1.54) is 0 Å². The van der Waals surface area contributed by atoms with Crippen LogP contribution < -0.4 is 5.32 Å². The van der Waals surface area contributed by atoms with Gasteiger partial charge in [0, 0.05) is 32.9 Å². The number of halogens is 1. The van der Waals surface area contributed by atoms with Crippen LogP contribution in [0.1, 0.15) is 19.5 Å². The second kappa shape index (κ2) is 8.56. The van der Waals surface area contributed by atoms with Gasteiger partial charge >= 0.3 is 0 Å². The molecule has 1 aromatic heterocycles. The van der Waals surface area contributed by atoms with Crippen molar-refractivity contribution in [2.45, 2.75) is 20.4 Å². The van der Waals surface area contributed by atoms with Crippen LogP contribution in [0.25, 0.3) is 0 Å². The Morgan fingerprint density at radius 1 is 1.38 bits per heavy atom. The molecule has 0 unspecified atom stereocenters. The van der Waals surface area contributed by atoms with Crippen molar-refractivity contribution in [3.05, 3.63) is 18.0 Å². The van der Waals surface area contributed by atoms with E-state index in [4.69, 9.17) is 0 Å². The minimum Gasteiger partial charge on any atom is -0.310 e. The SMILES string of the molecule is CCN(CC)CCNCc1ccn(C)n1.Cl. The van der Waals surface area contributed by atoms with Crippen LogP contribution in [0.4, 0.5) is 0 Å². The van der Waals surface area contributed by atoms with E-state index in [0.717, 1.165) is 38.4 Å². The Morgan fingerprint density at radius 3 is 2.56 bits per heavy atom. The monoisotopic (exact) mass is 246 g/mol. The molecule has 1 heterocycles.